The van der Waals surface area contributed by atoms with E-state index >= 15 is 0 Å². The van der Waals surface area contributed by atoms with E-state index in [2.05, 4.69) is 19.2 Å². The summed E-state index contributed by atoms with van der Waals surface area (Å²) in [7, 11) is 0. The quantitative estimate of drug-likeness (QED) is 0.805. The lowest BCUT2D eigenvalue weighted by molar-refractivity contribution is -0.145. The Morgan fingerprint density at radius 3 is 2.25 bits per heavy atom. The van der Waals surface area contributed by atoms with Crippen LogP contribution in [0.1, 0.15) is 43.9 Å². The summed E-state index contributed by atoms with van der Waals surface area (Å²) in [5, 5.41) is 12.5. The van der Waals surface area contributed by atoms with E-state index in [4.69, 9.17) is 9.84 Å². The van der Waals surface area contributed by atoms with Crippen molar-refractivity contribution in [2.24, 2.45) is 0 Å². The van der Waals surface area contributed by atoms with Crippen LogP contribution in [-0.2, 0) is 11.3 Å². The maximum Gasteiger partial charge on any atom is 0.344 e. The fourth-order valence-electron chi connectivity index (χ4n) is 2.10. The molecule has 0 spiro atoms. The van der Waals surface area contributed by atoms with Gasteiger partial charge in [-0.3, -0.25) is 0 Å². The first-order valence-corrected chi connectivity index (χ1v) is 7.08. The predicted octanol–water partition coefficient (Wildman–Crippen LogP) is 3.04. The van der Waals surface area contributed by atoms with E-state index in [9.17, 15) is 4.79 Å². The van der Waals surface area contributed by atoms with E-state index in [1.165, 1.54) is 5.56 Å². The highest BCUT2D eigenvalue weighted by molar-refractivity contribution is 5.72. The maximum absolute atomic E-state index is 11.1. The highest BCUT2D eigenvalue weighted by Gasteiger charge is 2.19. The fraction of sp³-hybridized carbons (Fsp3) is 0.562. The lowest BCUT2D eigenvalue weighted by Gasteiger charge is -2.18. The van der Waals surface area contributed by atoms with E-state index in [-0.39, 0.29) is 0 Å². The third kappa shape index (κ3) is 4.53. The van der Waals surface area contributed by atoms with E-state index in [0.29, 0.717) is 18.2 Å². The smallest absolute Gasteiger partial charge is 0.344 e. The SMILES string of the molecule is CCC(Oc1c(C)cc(CNC(C)C)cc1C)C(=O)O. The normalized spacial score (nSPS) is 12.5. The molecule has 2 N–H and O–H groups in total. The van der Waals surface area contributed by atoms with Crippen molar-refractivity contribution in [3.8, 4) is 5.75 Å². The van der Waals surface area contributed by atoms with Crippen molar-refractivity contribution in [3.05, 3.63) is 28.8 Å². The third-order valence-corrected chi connectivity index (χ3v) is 3.14. The number of carbonyl (C=O) groups is 1. The van der Waals surface area contributed by atoms with Gasteiger partial charge in [0.05, 0.1) is 0 Å². The Balaban J connectivity index is 2.91. The minimum atomic E-state index is -0.920. The highest BCUT2D eigenvalue weighted by atomic mass is 16.5. The van der Waals surface area contributed by atoms with Gasteiger partial charge in [-0.2, -0.15) is 0 Å². The van der Waals surface area contributed by atoms with Crippen molar-refractivity contribution in [3.63, 3.8) is 0 Å². The number of carboxylic acid groups (broad SMARTS) is 1. The Morgan fingerprint density at radius 1 is 1.30 bits per heavy atom. The first-order valence-electron chi connectivity index (χ1n) is 7.08. The molecule has 20 heavy (non-hydrogen) atoms. The molecule has 1 unspecified atom stereocenters. The van der Waals surface area contributed by atoms with Gasteiger partial charge in [-0.05, 0) is 37.0 Å². The number of ether oxygens (including phenoxy) is 1. The molecule has 1 rings (SSSR count). The number of aliphatic carboxylic acids is 1. The molecule has 1 aromatic rings. The Bertz CT molecular complexity index is 446. The summed E-state index contributed by atoms with van der Waals surface area (Å²) in [5.74, 6) is -0.232. The molecule has 0 aliphatic heterocycles. The van der Waals surface area contributed by atoms with Crippen molar-refractivity contribution in [1.82, 2.24) is 5.32 Å². The molecule has 0 saturated heterocycles. The summed E-state index contributed by atoms with van der Waals surface area (Å²) < 4.78 is 5.65. The molecule has 0 saturated carbocycles. The van der Waals surface area contributed by atoms with Crippen molar-refractivity contribution in [2.75, 3.05) is 0 Å². The molecule has 0 fully saturated rings. The second-order valence-corrected chi connectivity index (χ2v) is 5.45. The zero-order chi connectivity index (χ0) is 15.3. The molecule has 0 bridgehead atoms. The summed E-state index contributed by atoms with van der Waals surface area (Å²) in [5.41, 5.74) is 3.14. The summed E-state index contributed by atoms with van der Waals surface area (Å²) in [6.45, 7) is 10.7. The van der Waals surface area contributed by atoms with Gasteiger partial charge in [0.2, 0.25) is 0 Å². The number of hydrogen-bond donors (Lipinski definition) is 2. The molecule has 112 valence electrons. The number of hydrogen-bond acceptors (Lipinski definition) is 3. The predicted molar refractivity (Wildman–Crippen MR) is 80.2 cm³/mol. The number of benzene rings is 1. The number of aryl methyl sites for hydroxylation is 2. The van der Waals surface area contributed by atoms with Crippen molar-refractivity contribution in [1.29, 1.82) is 0 Å². The van der Waals surface area contributed by atoms with E-state index in [0.717, 1.165) is 17.7 Å². The van der Waals surface area contributed by atoms with Gasteiger partial charge >= 0.3 is 5.97 Å². The molecule has 0 aromatic heterocycles. The summed E-state index contributed by atoms with van der Waals surface area (Å²) in [6.07, 6.45) is -0.336. The molecule has 0 aliphatic carbocycles. The average Bonchev–Trinajstić information content (AvgIpc) is 2.35. The lowest BCUT2D eigenvalue weighted by Crippen LogP contribution is -2.26. The van der Waals surface area contributed by atoms with Crippen molar-refractivity contribution in [2.45, 2.75) is 59.7 Å². The average molecular weight is 279 g/mol. The van der Waals surface area contributed by atoms with E-state index in [1.807, 2.05) is 32.9 Å². The molecule has 0 aliphatic rings. The minimum absolute atomic E-state index is 0.433. The Labute approximate surface area is 121 Å². The van der Waals surface area contributed by atoms with Gasteiger partial charge in [-0.15, -0.1) is 0 Å². The van der Waals surface area contributed by atoms with Crippen LogP contribution in [0.25, 0.3) is 0 Å². The molecule has 0 amide bonds. The maximum atomic E-state index is 11.1. The van der Waals surface area contributed by atoms with Crippen LogP contribution in [0.3, 0.4) is 0 Å². The first kappa shape index (κ1) is 16.5. The summed E-state index contributed by atoms with van der Waals surface area (Å²) in [4.78, 5) is 11.1. The number of carboxylic acids is 1. The lowest BCUT2D eigenvalue weighted by atomic mass is 10.0. The van der Waals surface area contributed by atoms with Crippen LogP contribution in [0.15, 0.2) is 12.1 Å². The van der Waals surface area contributed by atoms with Crippen LogP contribution < -0.4 is 10.1 Å². The summed E-state index contributed by atoms with van der Waals surface area (Å²) >= 11 is 0. The zero-order valence-corrected chi connectivity index (χ0v) is 13.0. The second-order valence-electron chi connectivity index (χ2n) is 5.45. The van der Waals surface area contributed by atoms with Gasteiger partial charge in [-0.1, -0.05) is 32.9 Å². The Kier molecular flexibility index (Phi) is 6.02. The van der Waals surface area contributed by atoms with Crippen LogP contribution in [0.4, 0.5) is 0 Å². The molecule has 4 nitrogen and oxygen atoms in total. The molecule has 0 heterocycles. The van der Waals surface area contributed by atoms with Crippen LogP contribution in [-0.4, -0.2) is 23.2 Å². The van der Waals surface area contributed by atoms with Crippen LogP contribution >= 0.6 is 0 Å². The third-order valence-electron chi connectivity index (χ3n) is 3.14. The van der Waals surface area contributed by atoms with Gasteiger partial charge in [0, 0.05) is 12.6 Å². The minimum Gasteiger partial charge on any atom is -0.479 e. The zero-order valence-electron chi connectivity index (χ0n) is 13.0. The molecule has 0 radical (unpaired) electrons. The number of nitrogens with one attached hydrogen (secondary N) is 1. The van der Waals surface area contributed by atoms with Crippen molar-refractivity contribution >= 4 is 5.97 Å². The van der Waals surface area contributed by atoms with E-state index < -0.39 is 12.1 Å². The Morgan fingerprint density at radius 2 is 1.85 bits per heavy atom. The summed E-state index contributed by atoms with van der Waals surface area (Å²) in [6, 6.07) is 4.53. The van der Waals surface area contributed by atoms with Gasteiger partial charge in [0.15, 0.2) is 6.10 Å². The van der Waals surface area contributed by atoms with Crippen LogP contribution in [0.5, 0.6) is 5.75 Å². The second kappa shape index (κ2) is 7.29. The largest absolute Gasteiger partial charge is 0.479 e. The molecule has 4 heteroatoms. The van der Waals surface area contributed by atoms with Gasteiger partial charge in [0.1, 0.15) is 5.75 Å². The van der Waals surface area contributed by atoms with Crippen LogP contribution in [0.2, 0.25) is 0 Å². The molecule has 1 atom stereocenters. The standard InChI is InChI=1S/C16H25NO3/c1-6-14(16(18)19)20-15-11(4)7-13(8-12(15)5)9-17-10(2)3/h7-8,10,14,17H,6,9H2,1-5H3,(H,18,19). The first-order chi connectivity index (χ1) is 9.35. The molecular weight excluding hydrogens is 254 g/mol. The van der Waals surface area contributed by atoms with Crippen molar-refractivity contribution < 1.29 is 14.6 Å². The number of rotatable bonds is 7. The van der Waals surface area contributed by atoms with E-state index in [1.54, 1.807) is 0 Å². The molecular formula is C16H25NO3. The fourth-order valence-corrected chi connectivity index (χ4v) is 2.10. The monoisotopic (exact) mass is 279 g/mol. The van der Waals surface area contributed by atoms with Gasteiger partial charge < -0.3 is 15.2 Å². The van der Waals surface area contributed by atoms with Gasteiger partial charge in [-0.25, -0.2) is 4.79 Å². The van der Waals surface area contributed by atoms with Crippen LogP contribution in [0, 0.1) is 13.8 Å². The Hall–Kier alpha value is -1.55. The highest BCUT2D eigenvalue weighted by Crippen LogP contribution is 2.26. The topological polar surface area (TPSA) is 58.6 Å². The molecule has 1 aromatic carbocycles. The van der Waals surface area contributed by atoms with Gasteiger partial charge in [0.25, 0.3) is 0 Å².